The minimum atomic E-state index is -0.768. The first-order valence-electron chi connectivity index (χ1n) is 5.30. The monoisotopic (exact) mass is 240 g/mol. The molecular weight excluding hydrogens is 224 g/mol. The van der Waals surface area contributed by atoms with E-state index in [-0.39, 0.29) is 5.92 Å². The van der Waals surface area contributed by atoms with Crippen molar-refractivity contribution in [2.75, 3.05) is 5.75 Å². The number of aromatic nitrogens is 2. The Bertz CT molecular complexity index is 358. The maximum absolute atomic E-state index is 10.6. The molecule has 1 aromatic heterocycles. The smallest absolute Gasteiger partial charge is 0.307 e. The third-order valence-corrected chi connectivity index (χ3v) is 3.29. The summed E-state index contributed by atoms with van der Waals surface area (Å²) in [6.07, 6.45) is 3.52. The van der Waals surface area contributed by atoms with Gasteiger partial charge in [-0.25, -0.2) is 9.97 Å². The van der Waals surface area contributed by atoms with Gasteiger partial charge in [-0.3, -0.25) is 4.79 Å². The van der Waals surface area contributed by atoms with Crippen molar-refractivity contribution in [1.82, 2.24) is 9.97 Å². The lowest BCUT2D eigenvalue weighted by Gasteiger charge is -2.05. The topological polar surface area (TPSA) is 63.1 Å². The van der Waals surface area contributed by atoms with E-state index in [1.807, 2.05) is 6.07 Å². The molecule has 0 aliphatic rings. The predicted octanol–water partition coefficient (Wildman–Crippen LogP) is 2.24. The number of hydrogen-bond donors (Lipinski definition) is 1. The average Bonchev–Trinajstić information content (AvgIpc) is 2.26. The van der Waals surface area contributed by atoms with Crippen LogP contribution in [-0.2, 0) is 11.2 Å². The van der Waals surface area contributed by atoms with Crippen molar-refractivity contribution in [2.24, 2.45) is 5.92 Å². The van der Waals surface area contributed by atoms with Gasteiger partial charge in [-0.15, -0.1) is 11.8 Å². The lowest BCUT2D eigenvalue weighted by Crippen LogP contribution is -2.11. The molecule has 5 heteroatoms. The van der Waals surface area contributed by atoms with Crippen LogP contribution in [0.3, 0.4) is 0 Å². The van der Waals surface area contributed by atoms with Gasteiger partial charge in [0.2, 0.25) is 0 Å². The number of rotatable bonds is 6. The summed E-state index contributed by atoms with van der Waals surface area (Å²) in [5.74, 6) is -0.581. The summed E-state index contributed by atoms with van der Waals surface area (Å²) in [6.45, 7) is 3.80. The van der Waals surface area contributed by atoms with Gasteiger partial charge in [0.25, 0.3) is 0 Å². The summed E-state index contributed by atoms with van der Waals surface area (Å²) >= 11 is 1.46. The molecule has 0 aliphatic carbocycles. The zero-order chi connectivity index (χ0) is 12.0. The van der Waals surface area contributed by atoms with Gasteiger partial charge >= 0.3 is 5.97 Å². The standard InChI is InChI=1S/C11H16N2O2S/c1-3-4-9-5-10(13-7-12-9)16-6-8(2)11(14)15/h5,7-8H,3-4,6H2,1-2H3,(H,14,15). The molecule has 0 bridgehead atoms. The summed E-state index contributed by atoms with van der Waals surface area (Å²) in [7, 11) is 0. The Labute approximate surface area is 99.5 Å². The Morgan fingerprint density at radius 1 is 1.56 bits per heavy atom. The van der Waals surface area contributed by atoms with Crippen LogP contribution in [0.15, 0.2) is 17.4 Å². The van der Waals surface area contributed by atoms with Gasteiger partial charge in [-0.1, -0.05) is 20.3 Å². The van der Waals surface area contributed by atoms with Gasteiger partial charge < -0.3 is 5.11 Å². The number of carboxylic acid groups (broad SMARTS) is 1. The summed E-state index contributed by atoms with van der Waals surface area (Å²) in [5.41, 5.74) is 1.02. The van der Waals surface area contributed by atoms with Crippen molar-refractivity contribution in [1.29, 1.82) is 0 Å². The number of hydrogen-bond acceptors (Lipinski definition) is 4. The molecule has 16 heavy (non-hydrogen) atoms. The molecule has 1 unspecified atom stereocenters. The van der Waals surface area contributed by atoms with E-state index in [1.165, 1.54) is 11.8 Å². The van der Waals surface area contributed by atoms with E-state index >= 15 is 0 Å². The van der Waals surface area contributed by atoms with E-state index in [0.29, 0.717) is 5.75 Å². The fourth-order valence-corrected chi connectivity index (χ4v) is 2.03. The quantitative estimate of drug-likeness (QED) is 0.610. The molecule has 0 aromatic carbocycles. The molecule has 88 valence electrons. The van der Waals surface area contributed by atoms with Crippen molar-refractivity contribution < 1.29 is 9.90 Å². The second kappa shape index (κ2) is 6.48. The first kappa shape index (κ1) is 13.0. The maximum Gasteiger partial charge on any atom is 0.307 e. The molecule has 0 saturated heterocycles. The SMILES string of the molecule is CCCc1cc(SCC(C)C(=O)O)ncn1. The lowest BCUT2D eigenvalue weighted by atomic mass is 10.2. The molecule has 0 aliphatic heterocycles. The molecule has 0 radical (unpaired) electrons. The highest BCUT2D eigenvalue weighted by molar-refractivity contribution is 7.99. The lowest BCUT2D eigenvalue weighted by molar-refractivity contribution is -0.140. The highest BCUT2D eigenvalue weighted by Crippen LogP contribution is 2.19. The molecule has 0 amide bonds. The third kappa shape index (κ3) is 4.18. The number of thioether (sulfide) groups is 1. The first-order valence-corrected chi connectivity index (χ1v) is 6.28. The Morgan fingerprint density at radius 2 is 2.31 bits per heavy atom. The van der Waals surface area contributed by atoms with Crippen LogP contribution >= 0.6 is 11.8 Å². The molecule has 0 fully saturated rings. The van der Waals surface area contributed by atoms with E-state index in [0.717, 1.165) is 23.6 Å². The van der Waals surface area contributed by atoms with Gasteiger partial charge in [0, 0.05) is 11.4 Å². The van der Waals surface area contributed by atoms with Crippen LogP contribution in [0.4, 0.5) is 0 Å². The number of aliphatic carboxylic acids is 1. The van der Waals surface area contributed by atoms with Gasteiger partial charge in [-0.05, 0) is 12.5 Å². The van der Waals surface area contributed by atoms with Crippen molar-refractivity contribution in [3.8, 4) is 0 Å². The van der Waals surface area contributed by atoms with Crippen LogP contribution in [0.2, 0.25) is 0 Å². The number of aryl methyl sites for hydroxylation is 1. The zero-order valence-corrected chi connectivity index (χ0v) is 10.3. The summed E-state index contributed by atoms with van der Waals surface area (Å²) in [4.78, 5) is 18.9. The Kier molecular flexibility index (Phi) is 5.25. The minimum absolute atomic E-state index is 0.352. The minimum Gasteiger partial charge on any atom is -0.481 e. The van der Waals surface area contributed by atoms with Crippen LogP contribution in [-0.4, -0.2) is 26.8 Å². The molecule has 4 nitrogen and oxygen atoms in total. The van der Waals surface area contributed by atoms with Crippen LogP contribution in [0.25, 0.3) is 0 Å². The number of nitrogens with zero attached hydrogens (tertiary/aromatic N) is 2. The van der Waals surface area contributed by atoms with Crippen molar-refractivity contribution in [2.45, 2.75) is 31.7 Å². The fourth-order valence-electron chi connectivity index (χ4n) is 1.13. The van der Waals surface area contributed by atoms with Crippen LogP contribution in [0.1, 0.15) is 26.0 Å². The highest BCUT2D eigenvalue weighted by atomic mass is 32.2. The summed E-state index contributed by atoms with van der Waals surface area (Å²) in [6, 6.07) is 1.93. The molecule has 0 saturated carbocycles. The van der Waals surface area contributed by atoms with E-state index < -0.39 is 5.97 Å². The van der Waals surface area contributed by atoms with Crippen molar-refractivity contribution in [3.63, 3.8) is 0 Å². The van der Waals surface area contributed by atoms with E-state index in [2.05, 4.69) is 16.9 Å². The average molecular weight is 240 g/mol. The molecule has 1 N–H and O–H groups in total. The normalized spacial score (nSPS) is 12.4. The predicted molar refractivity (Wildman–Crippen MR) is 63.6 cm³/mol. The van der Waals surface area contributed by atoms with Crippen molar-refractivity contribution in [3.05, 3.63) is 18.1 Å². The zero-order valence-electron chi connectivity index (χ0n) is 9.51. The van der Waals surface area contributed by atoms with Gasteiger partial charge in [0.05, 0.1) is 10.9 Å². The molecule has 1 aromatic rings. The number of carboxylic acids is 1. The Balaban J connectivity index is 2.53. The maximum atomic E-state index is 10.6. The molecule has 1 atom stereocenters. The van der Waals surface area contributed by atoms with Gasteiger partial charge in [0.15, 0.2) is 0 Å². The van der Waals surface area contributed by atoms with E-state index in [1.54, 1.807) is 13.3 Å². The fraction of sp³-hybridized carbons (Fsp3) is 0.545. The first-order chi connectivity index (χ1) is 7.63. The summed E-state index contributed by atoms with van der Waals surface area (Å²) < 4.78 is 0. The molecular formula is C11H16N2O2S. The number of carbonyl (C=O) groups is 1. The molecule has 1 rings (SSSR count). The van der Waals surface area contributed by atoms with Crippen LogP contribution in [0, 0.1) is 5.92 Å². The van der Waals surface area contributed by atoms with Gasteiger partial charge in [0.1, 0.15) is 6.33 Å². The van der Waals surface area contributed by atoms with E-state index in [9.17, 15) is 4.79 Å². The molecule has 1 heterocycles. The Morgan fingerprint density at radius 3 is 2.94 bits per heavy atom. The molecule has 0 spiro atoms. The highest BCUT2D eigenvalue weighted by Gasteiger charge is 2.11. The largest absolute Gasteiger partial charge is 0.481 e. The second-order valence-corrected chi connectivity index (χ2v) is 4.69. The third-order valence-electron chi connectivity index (χ3n) is 2.11. The van der Waals surface area contributed by atoms with Gasteiger partial charge in [-0.2, -0.15) is 0 Å². The van der Waals surface area contributed by atoms with Crippen molar-refractivity contribution >= 4 is 17.7 Å². The van der Waals surface area contributed by atoms with E-state index in [4.69, 9.17) is 5.11 Å². The second-order valence-electron chi connectivity index (χ2n) is 3.65. The van der Waals surface area contributed by atoms with Crippen LogP contribution in [0.5, 0.6) is 0 Å². The summed E-state index contributed by atoms with van der Waals surface area (Å²) in [5, 5.41) is 9.61. The van der Waals surface area contributed by atoms with Crippen LogP contribution < -0.4 is 0 Å². The Hall–Kier alpha value is -1.10.